The number of nitro groups is 1. The second-order valence-corrected chi connectivity index (χ2v) is 5.83. The van der Waals surface area contributed by atoms with E-state index in [2.05, 4.69) is 5.32 Å². The van der Waals surface area contributed by atoms with Crippen molar-refractivity contribution >= 4 is 17.3 Å². The summed E-state index contributed by atoms with van der Waals surface area (Å²) in [5, 5.41) is 14.2. The van der Waals surface area contributed by atoms with Gasteiger partial charge in [0.2, 0.25) is 5.91 Å². The van der Waals surface area contributed by atoms with Gasteiger partial charge in [-0.15, -0.1) is 0 Å². The van der Waals surface area contributed by atoms with Crippen LogP contribution < -0.4 is 11.1 Å². The number of hydrogen-bond donors (Lipinski definition) is 2. The van der Waals surface area contributed by atoms with Crippen LogP contribution in [-0.4, -0.2) is 30.1 Å². The normalized spacial score (nSPS) is 23.2. The second-order valence-electron chi connectivity index (χ2n) is 5.83. The summed E-state index contributed by atoms with van der Waals surface area (Å²) in [6.07, 6.45) is 0.856. The van der Waals surface area contributed by atoms with Crippen molar-refractivity contribution in [2.24, 2.45) is 11.1 Å². The van der Waals surface area contributed by atoms with E-state index in [1.807, 2.05) is 13.8 Å². The number of nitrogens with one attached hydrogen (secondary N) is 1. The van der Waals surface area contributed by atoms with Gasteiger partial charge in [0.05, 0.1) is 11.0 Å². The fourth-order valence-electron chi connectivity index (χ4n) is 2.68. The first kappa shape index (κ1) is 15.2. The molecule has 0 bridgehead atoms. The van der Waals surface area contributed by atoms with Crippen LogP contribution >= 0.6 is 0 Å². The van der Waals surface area contributed by atoms with Gasteiger partial charge in [-0.1, -0.05) is 13.8 Å². The van der Waals surface area contributed by atoms with Gasteiger partial charge < -0.3 is 15.8 Å². The van der Waals surface area contributed by atoms with Crippen LogP contribution in [0.4, 0.5) is 11.4 Å². The Morgan fingerprint density at radius 2 is 2.19 bits per heavy atom. The molecule has 7 heteroatoms. The number of nitrogens with zero attached hydrogens (tertiary/aromatic N) is 1. The predicted octanol–water partition coefficient (Wildman–Crippen LogP) is 1.92. The lowest BCUT2D eigenvalue weighted by Gasteiger charge is -2.51. The highest BCUT2D eigenvalue weighted by Gasteiger charge is 2.49. The molecule has 0 spiro atoms. The van der Waals surface area contributed by atoms with Crippen molar-refractivity contribution in [3.8, 4) is 0 Å². The minimum Gasteiger partial charge on any atom is -0.381 e. The van der Waals surface area contributed by atoms with Gasteiger partial charge >= 0.3 is 0 Å². The molecule has 2 atom stereocenters. The third-order valence-corrected chi connectivity index (χ3v) is 4.27. The quantitative estimate of drug-likeness (QED) is 0.637. The van der Waals surface area contributed by atoms with Gasteiger partial charge in [-0.2, -0.15) is 0 Å². The minimum absolute atomic E-state index is 0.0317. The SMILES string of the molecule is COC1CC(Nc2cc(C(N)=O)ccc2[N+](=O)[O-])C1(C)C. The summed E-state index contributed by atoms with van der Waals surface area (Å²) in [5.41, 5.74) is 5.55. The van der Waals surface area contributed by atoms with Crippen molar-refractivity contribution in [3.63, 3.8) is 0 Å². The van der Waals surface area contributed by atoms with E-state index in [9.17, 15) is 14.9 Å². The molecule has 114 valence electrons. The van der Waals surface area contributed by atoms with Crippen LogP contribution in [0.25, 0.3) is 0 Å². The molecule has 1 amide bonds. The van der Waals surface area contributed by atoms with E-state index >= 15 is 0 Å². The van der Waals surface area contributed by atoms with E-state index in [-0.39, 0.29) is 28.8 Å². The molecule has 1 aliphatic rings. The van der Waals surface area contributed by atoms with E-state index in [1.165, 1.54) is 18.2 Å². The maximum Gasteiger partial charge on any atom is 0.292 e. The van der Waals surface area contributed by atoms with E-state index in [0.717, 1.165) is 6.42 Å². The predicted molar refractivity (Wildman–Crippen MR) is 78.2 cm³/mol. The van der Waals surface area contributed by atoms with Gasteiger partial charge in [0.1, 0.15) is 5.69 Å². The molecule has 0 aliphatic heterocycles. The van der Waals surface area contributed by atoms with Crippen LogP contribution in [0.2, 0.25) is 0 Å². The molecule has 1 fully saturated rings. The number of methoxy groups -OCH3 is 1. The average Bonchev–Trinajstić information content (AvgIpc) is 2.42. The molecule has 1 saturated carbocycles. The molecule has 21 heavy (non-hydrogen) atoms. The number of benzene rings is 1. The molecule has 1 aromatic carbocycles. The first-order valence-electron chi connectivity index (χ1n) is 6.65. The molecule has 1 aromatic rings. The van der Waals surface area contributed by atoms with Gasteiger partial charge in [-0.3, -0.25) is 14.9 Å². The van der Waals surface area contributed by atoms with Gasteiger partial charge in [0.25, 0.3) is 5.69 Å². The number of anilines is 1. The van der Waals surface area contributed by atoms with Crippen molar-refractivity contribution in [2.75, 3.05) is 12.4 Å². The molecule has 3 N–H and O–H groups in total. The van der Waals surface area contributed by atoms with Gasteiger partial charge in [-0.05, 0) is 18.6 Å². The van der Waals surface area contributed by atoms with Crippen LogP contribution in [-0.2, 0) is 4.74 Å². The number of rotatable bonds is 5. The highest BCUT2D eigenvalue weighted by atomic mass is 16.6. The first-order valence-corrected chi connectivity index (χ1v) is 6.65. The summed E-state index contributed by atoms with van der Waals surface area (Å²) in [6, 6.07) is 4.11. The van der Waals surface area contributed by atoms with Crippen LogP contribution in [0.5, 0.6) is 0 Å². The maximum atomic E-state index is 11.2. The van der Waals surface area contributed by atoms with E-state index < -0.39 is 10.8 Å². The number of carbonyl (C=O) groups excluding carboxylic acids is 1. The van der Waals surface area contributed by atoms with Crippen LogP contribution in [0.15, 0.2) is 18.2 Å². The Balaban J connectivity index is 2.28. The molecule has 1 aliphatic carbocycles. The fraction of sp³-hybridized carbons (Fsp3) is 0.500. The zero-order valence-corrected chi connectivity index (χ0v) is 12.3. The van der Waals surface area contributed by atoms with Gasteiger partial charge in [0, 0.05) is 30.2 Å². The van der Waals surface area contributed by atoms with Gasteiger partial charge in [-0.25, -0.2) is 0 Å². The molecule has 0 heterocycles. The standard InChI is InChI=1S/C14H19N3O4/c1-14(2)11(7-12(14)21-3)16-9-6-8(13(15)18)4-5-10(9)17(19)20/h4-6,11-12,16H,7H2,1-3H3,(H2,15,18). The molecule has 0 saturated heterocycles. The van der Waals surface area contributed by atoms with E-state index in [1.54, 1.807) is 7.11 Å². The minimum atomic E-state index is -0.615. The Morgan fingerprint density at radius 1 is 1.52 bits per heavy atom. The van der Waals surface area contributed by atoms with Crippen LogP contribution in [0, 0.1) is 15.5 Å². The Bertz CT molecular complexity index is 586. The van der Waals surface area contributed by atoms with Gasteiger partial charge in [0.15, 0.2) is 0 Å². The van der Waals surface area contributed by atoms with Crippen molar-refractivity contribution in [1.82, 2.24) is 0 Å². The summed E-state index contributed by atoms with van der Waals surface area (Å²) in [4.78, 5) is 21.9. The molecule has 2 unspecified atom stereocenters. The maximum absolute atomic E-state index is 11.2. The molecular weight excluding hydrogens is 274 g/mol. The lowest BCUT2D eigenvalue weighted by atomic mass is 9.64. The largest absolute Gasteiger partial charge is 0.381 e. The summed E-state index contributed by atoms with van der Waals surface area (Å²) in [5.74, 6) is -0.615. The summed E-state index contributed by atoms with van der Waals surface area (Å²) < 4.78 is 5.36. The summed E-state index contributed by atoms with van der Waals surface area (Å²) in [6.45, 7) is 4.07. The molecular formula is C14H19N3O4. The Labute approximate surface area is 122 Å². The van der Waals surface area contributed by atoms with Crippen molar-refractivity contribution in [1.29, 1.82) is 0 Å². The monoisotopic (exact) mass is 293 g/mol. The number of hydrogen-bond acceptors (Lipinski definition) is 5. The average molecular weight is 293 g/mol. The number of carbonyl (C=O) groups is 1. The zero-order chi connectivity index (χ0) is 15.8. The summed E-state index contributed by atoms with van der Waals surface area (Å²) in [7, 11) is 1.65. The molecule has 2 rings (SSSR count). The molecule has 0 aromatic heterocycles. The number of amides is 1. The summed E-state index contributed by atoms with van der Waals surface area (Å²) >= 11 is 0. The Morgan fingerprint density at radius 3 is 2.67 bits per heavy atom. The third kappa shape index (κ3) is 2.69. The number of nitro benzene ring substituents is 1. The van der Waals surface area contributed by atoms with E-state index in [4.69, 9.17) is 10.5 Å². The lowest BCUT2D eigenvalue weighted by molar-refractivity contribution is -0.384. The topological polar surface area (TPSA) is 107 Å². The van der Waals surface area contributed by atoms with Crippen molar-refractivity contribution in [2.45, 2.75) is 32.4 Å². The third-order valence-electron chi connectivity index (χ3n) is 4.27. The second kappa shape index (κ2) is 5.33. The van der Waals surface area contributed by atoms with E-state index in [0.29, 0.717) is 5.69 Å². The van der Waals surface area contributed by atoms with Crippen LogP contribution in [0.3, 0.4) is 0 Å². The number of nitrogens with two attached hydrogens (primary N) is 1. The Kier molecular flexibility index (Phi) is 3.87. The van der Waals surface area contributed by atoms with Crippen molar-refractivity contribution in [3.05, 3.63) is 33.9 Å². The molecule has 0 radical (unpaired) electrons. The lowest BCUT2D eigenvalue weighted by Crippen LogP contribution is -2.57. The smallest absolute Gasteiger partial charge is 0.292 e. The number of ether oxygens (including phenoxy) is 1. The van der Waals surface area contributed by atoms with Crippen LogP contribution in [0.1, 0.15) is 30.6 Å². The Hall–Kier alpha value is -2.15. The highest BCUT2D eigenvalue weighted by molar-refractivity contribution is 5.94. The number of primary amides is 1. The van der Waals surface area contributed by atoms with Crippen molar-refractivity contribution < 1.29 is 14.5 Å². The first-order chi connectivity index (χ1) is 9.77. The molecule has 7 nitrogen and oxygen atoms in total. The zero-order valence-electron chi connectivity index (χ0n) is 12.3. The highest BCUT2D eigenvalue weighted by Crippen LogP contribution is 2.45. The fourth-order valence-corrected chi connectivity index (χ4v) is 2.68.